The first-order valence-electron chi connectivity index (χ1n) is 8.20. The molecule has 2 fully saturated rings. The molecule has 1 aliphatic carbocycles. The number of ether oxygens (including phenoxy) is 1. The van der Waals surface area contributed by atoms with Crippen LogP contribution in [0.2, 0.25) is 0 Å². The van der Waals surface area contributed by atoms with Crippen molar-refractivity contribution >= 4 is 17.2 Å². The van der Waals surface area contributed by atoms with Gasteiger partial charge in [0, 0.05) is 30.1 Å². The first-order valence-corrected chi connectivity index (χ1v) is 9.08. The van der Waals surface area contributed by atoms with Crippen molar-refractivity contribution in [2.24, 2.45) is 5.92 Å². The van der Waals surface area contributed by atoms with E-state index >= 15 is 0 Å². The molecule has 23 heavy (non-hydrogen) atoms. The Balaban J connectivity index is 1.50. The zero-order valence-electron chi connectivity index (χ0n) is 12.9. The molecule has 1 atom stereocenters. The van der Waals surface area contributed by atoms with E-state index in [1.54, 1.807) is 17.4 Å². The molecule has 0 radical (unpaired) electrons. The van der Waals surface area contributed by atoms with Gasteiger partial charge in [-0.05, 0) is 43.0 Å². The number of hydrogen-bond donors (Lipinski definition) is 1. The fourth-order valence-electron chi connectivity index (χ4n) is 3.11. The molecule has 1 aliphatic heterocycles. The average Bonchev–Trinajstić information content (AvgIpc) is 3.10. The van der Waals surface area contributed by atoms with Gasteiger partial charge in [-0.2, -0.15) is 0 Å². The fourth-order valence-corrected chi connectivity index (χ4v) is 3.98. The van der Waals surface area contributed by atoms with Crippen molar-refractivity contribution in [3.05, 3.63) is 39.9 Å². The fraction of sp³-hybridized carbons (Fsp3) is 0.529. The van der Waals surface area contributed by atoms with Gasteiger partial charge in [-0.1, -0.05) is 11.2 Å². The number of amides is 1. The summed E-state index contributed by atoms with van der Waals surface area (Å²) in [6.07, 6.45) is 4.20. The number of carbonyl (C=O) groups is 1. The van der Waals surface area contributed by atoms with Gasteiger partial charge in [-0.3, -0.25) is 4.79 Å². The Morgan fingerprint density at radius 3 is 2.83 bits per heavy atom. The van der Waals surface area contributed by atoms with E-state index in [-0.39, 0.29) is 11.9 Å². The van der Waals surface area contributed by atoms with Crippen molar-refractivity contribution in [3.63, 3.8) is 0 Å². The molecule has 4 rings (SSSR count). The van der Waals surface area contributed by atoms with Crippen molar-refractivity contribution in [1.29, 1.82) is 0 Å². The Bertz CT molecular complexity index is 657. The minimum absolute atomic E-state index is 0.0208. The molecule has 1 saturated carbocycles. The Labute approximate surface area is 139 Å². The zero-order chi connectivity index (χ0) is 15.6. The molecule has 1 amide bonds. The Morgan fingerprint density at radius 1 is 1.30 bits per heavy atom. The highest BCUT2D eigenvalue weighted by Gasteiger charge is 2.31. The number of hydrogen-bond acceptors (Lipinski definition) is 5. The summed E-state index contributed by atoms with van der Waals surface area (Å²) in [5.41, 5.74) is 0.389. The maximum Gasteiger partial charge on any atom is 0.273 e. The molecule has 0 bridgehead atoms. The van der Waals surface area contributed by atoms with Crippen LogP contribution in [0.15, 0.2) is 28.1 Å². The van der Waals surface area contributed by atoms with Gasteiger partial charge in [0.25, 0.3) is 5.91 Å². The molecule has 0 spiro atoms. The molecular formula is C17H20N2O3S. The third kappa shape index (κ3) is 3.33. The van der Waals surface area contributed by atoms with Crippen LogP contribution in [0.5, 0.6) is 0 Å². The normalized spacial score (nSPS) is 20.3. The van der Waals surface area contributed by atoms with Crippen LogP contribution >= 0.6 is 11.3 Å². The number of nitrogens with zero attached hydrogens (tertiary/aromatic N) is 1. The molecular weight excluding hydrogens is 312 g/mol. The number of nitrogens with one attached hydrogen (secondary N) is 1. The first kappa shape index (κ1) is 14.9. The topological polar surface area (TPSA) is 64.4 Å². The van der Waals surface area contributed by atoms with Gasteiger partial charge in [0.1, 0.15) is 5.76 Å². The lowest BCUT2D eigenvalue weighted by Gasteiger charge is -2.30. The minimum atomic E-state index is -0.148. The number of thiophene rings is 1. The van der Waals surface area contributed by atoms with Crippen LogP contribution in [0.4, 0.5) is 0 Å². The predicted octanol–water partition coefficient (Wildman–Crippen LogP) is 3.51. The quantitative estimate of drug-likeness (QED) is 0.910. The summed E-state index contributed by atoms with van der Waals surface area (Å²) in [7, 11) is 0. The smallest absolute Gasteiger partial charge is 0.273 e. The second-order valence-electron chi connectivity index (χ2n) is 6.31. The van der Waals surface area contributed by atoms with Crippen molar-refractivity contribution < 1.29 is 14.1 Å². The SMILES string of the molecule is O=C(NC(c1cccs1)C1CCOCC1)c1cc(C2CC2)on1. The summed E-state index contributed by atoms with van der Waals surface area (Å²) in [6.45, 7) is 1.52. The van der Waals surface area contributed by atoms with E-state index < -0.39 is 0 Å². The molecule has 6 heteroatoms. The van der Waals surface area contributed by atoms with E-state index in [9.17, 15) is 4.79 Å². The van der Waals surface area contributed by atoms with Crippen molar-refractivity contribution in [2.45, 2.75) is 37.6 Å². The van der Waals surface area contributed by atoms with Crippen LogP contribution in [0.25, 0.3) is 0 Å². The standard InChI is InChI=1S/C17H20N2O3S/c20-17(13-10-14(22-19-13)11-3-4-11)18-16(15-2-1-9-23-15)12-5-7-21-8-6-12/h1-2,9-12,16H,3-8H2,(H,18,20). The molecule has 2 aromatic rings. The van der Waals surface area contributed by atoms with Crippen molar-refractivity contribution in [1.82, 2.24) is 10.5 Å². The van der Waals surface area contributed by atoms with Gasteiger partial charge in [0.15, 0.2) is 5.69 Å². The minimum Gasteiger partial charge on any atom is -0.381 e. The second-order valence-corrected chi connectivity index (χ2v) is 7.28. The predicted molar refractivity (Wildman–Crippen MR) is 86.5 cm³/mol. The highest BCUT2D eigenvalue weighted by Crippen LogP contribution is 2.40. The third-order valence-corrected chi connectivity index (χ3v) is 5.57. The maximum atomic E-state index is 12.6. The van der Waals surface area contributed by atoms with Crippen molar-refractivity contribution in [3.8, 4) is 0 Å². The summed E-state index contributed by atoms with van der Waals surface area (Å²) in [5, 5.41) is 9.17. The van der Waals surface area contributed by atoms with Crippen LogP contribution in [0, 0.1) is 5.92 Å². The molecule has 122 valence electrons. The summed E-state index contributed by atoms with van der Waals surface area (Å²) in [4.78, 5) is 13.8. The van der Waals surface area contributed by atoms with Crippen molar-refractivity contribution in [2.75, 3.05) is 13.2 Å². The van der Waals surface area contributed by atoms with Gasteiger partial charge in [0.05, 0.1) is 6.04 Å². The summed E-state index contributed by atoms with van der Waals surface area (Å²) in [6, 6.07) is 5.93. The first-order chi connectivity index (χ1) is 11.3. The lowest BCUT2D eigenvalue weighted by Crippen LogP contribution is -2.35. The van der Waals surface area contributed by atoms with E-state index in [2.05, 4.69) is 21.9 Å². The van der Waals surface area contributed by atoms with E-state index in [4.69, 9.17) is 9.26 Å². The molecule has 5 nitrogen and oxygen atoms in total. The zero-order valence-corrected chi connectivity index (χ0v) is 13.7. The van der Waals surface area contributed by atoms with E-state index in [1.807, 2.05) is 6.07 Å². The van der Waals surface area contributed by atoms with Gasteiger partial charge in [-0.15, -0.1) is 11.3 Å². The van der Waals surface area contributed by atoms with Gasteiger partial charge in [0.2, 0.25) is 0 Å². The van der Waals surface area contributed by atoms with Crippen LogP contribution in [-0.2, 0) is 4.74 Å². The summed E-state index contributed by atoms with van der Waals surface area (Å²) < 4.78 is 10.8. The van der Waals surface area contributed by atoms with Gasteiger partial charge in [-0.25, -0.2) is 0 Å². The Hall–Kier alpha value is -1.66. The summed E-state index contributed by atoms with van der Waals surface area (Å²) in [5.74, 6) is 1.56. The highest BCUT2D eigenvalue weighted by molar-refractivity contribution is 7.10. The molecule has 1 N–H and O–H groups in total. The molecule has 2 aliphatic rings. The van der Waals surface area contributed by atoms with Crippen LogP contribution in [0.3, 0.4) is 0 Å². The molecule has 3 heterocycles. The molecule has 0 aromatic carbocycles. The van der Waals surface area contributed by atoms with Crippen LogP contribution in [0.1, 0.15) is 58.8 Å². The largest absolute Gasteiger partial charge is 0.381 e. The molecule has 1 unspecified atom stereocenters. The Morgan fingerprint density at radius 2 is 2.13 bits per heavy atom. The third-order valence-electron chi connectivity index (χ3n) is 4.61. The van der Waals surface area contributed by atoms with E-state index in [0.717, 1.165) is 44.7 Å². The van der Waals surface area contributed by atoms with E-state index in [0.29, 0.717) is 17.5 Å². The van der Waals surface area contributed by atoms with Gasteiger partial charge >= 0.3 is 0 Å². The monoisotopic (exact) mass is 332 g/mol. The van der Waals surface area contributed by atoms with Crippen LogP contribution in [-0.4, -0.2) is 24.3 Å². The summed E-state index contributed by atoms with van der Waals surface area (Å²) >= 11 is 1.68. The van der Waals surface area contributed by atoms with Gasteiger partial charge < -0.3 is 14.6 Å². The number of rotatable bonds is 5. The second kappa shape index (κ2) is 6.45. The molecule has 2 aromatic heterocycles. The number of aromatic nitrogens is 1. The maximum absolute atomic E-state index is 12.6. The number of carbonyl (C=O) groups excluding carboxylic acids is 1. The van der Waals surface area contributed by atoms with E-state index in [1.165, 1.54) is 4.88 Å². The lowest BCUT2D eigenvalue weighted by atomic mass is 9.90. The Kier molecular flexibility index (Phi) is 4.18. The van der Waals surface area contributed by atoms with Crippen LogP contribution < -0.4 is 5.32 Å². The highest BCUT2D eigenvalue weighted by atomic mass is 32.1. The molecule has 1 saturated heterocycles. The average molecular weight is 332 g/mol. The lowest BCUT2D eigenvalue weighted by molar-refractivity contribution is 0.0517.